The number of alkyl halides is 3. The van der Waals surface area contributed by atoms with Gasteiger partial charge in [0.1, 0.15) is 6.04 Å². The molecule has 126 valence electrons. The highest BCUT2D eigenvalue weighted by atomic mass is 19.4. The van der Waals surface area contributed by atoms with Gasteiger partial charge in [-0.3, -0.25) is 4.79 Å². The van der Waals surface area contributed by atoms with E-state index in [-0.39, 0.29) is 18.5 Å². The van der Waals surface area contributed by atoms with Crippen molar-refractivity contribution in [2.24, 2.45) is 5.92 Å². The first-order valence-corrected chi connectivity index (χ1v) is 7.01. The Labute approximate surface area is 130 Å². The molecule has 8 heteroatoms. The number of carbonyl (C=O) groups is 2. The zero-order valence-electron chi connectivity index (χ0n) is 12.4. The summed E-state index contributed by atoms with van der Waals surface area (Å²) in [6.07, 6.45) is -5.15. The van der Waals surface area contributed by atoms with Crippen LogP contribution >= 0.6 is 0 Å². The Morgan fingerprint density at radius 2 is 1.87 bits per heavy atom. The molecule has 1 aromatic carbocycles. The number of rotatable bonds is 3. The summed E-state index contributed by atoms with van der Waals surface area (Å²) >= 11 is 0. The molecule has 0 aliphatic carbocycles. The number of esters is 1. The summed E-state index contributed by atoms with van der Waals surface area (Å²) in [7, 11) is 1.08. The number of halogens is 3. The number of hydroxylamine groups is 2. The fourth-order valence-electron chi connectivity index (χ4n) is 2.43. The molecule has 0 saturated carbocycles. The summed E-state index contributed by atoms with van der Waals surface area (Å²) in [5.74, 6) is -3.22. The molecule has 1 aliphatic heterocycles. The van der Waals surface area contributed by atoms with Crippen molar-refractivity contribution >= 4 is 11.9 Å². The zero-order valence-corrected chi connectivity index (χ0v) is 12.4. The Hall–Kier alpha value is -2.09. The van der Waals surface area contributed by atoms with E-state index in [2.05, 4.69) is 4.74 Å². The molecule has 0 radical (unpaired) electrons. The number of methoxy groups -OCH3 is 1. The van der Waals surface area contributed by atoms with Crippen LogP contribution in [0.25, 0.3) is 0 Å². The summed E-state index contributed by atoms with van der Waals surface area (Å²) in [6.45, 7) is -0.192. The predicted molar refractivity (Wildman–Crippen MR) is 73.1 cm³/mol. The molecule has 0 amide bonds. The molecule has 1 fully saturated rings. The van der Waals surface area contributed by atoms with Crippen LogP contribution in [0.15, 0.2) is 30.3 Å². The molecule has 5 nitrogen and oxygen atoms in total. The summed E-state index contributed by atoms with van der Waals surface area (Å²) in [4.78, 5) is 28.9. The predicted octanol–water partition coefficient (Wildman–Crippen LogP) is 2.57. The summed E-state index contributed by atoms with van der Waals surface area (Å²) in [6, 6.07) is 6.72. The smallest absolute Gasteiger partial charge is 0.391 e. The third-order valence-electron chi connectivity index (χ3n) is 3.70. The molecule has 2 rings (SSSR count). The van der Waals surface area contributed by atoms with Gasteiger partial charge < -0.3 is 9.57 Å². The fraction of sp³-hybridized carbons (Fsp3) is 0.467. The van der Waals surface area contributed by atoms with Gasteiger partial charge in [0.15, 0.2) is 0 Å². The van der Waals surface area contributed by atoms with Gasteiger partial charge in [-0.05, 0) is 25.0 Å². The first-order chi connectivity index (χ1) is 10.8. The maximum absolute atomic E-state index is 12.9. The quantitative estimate of drug-likeness (QED) is 0.797. The zero-order chi connectivity index (χ0) is 17.0. The Kier molecular flexibility index (Phi) is 5.25. The second kappa shape index (κ2) is 6.99. The van der Waals surface area contributed by atoms with Gasteiger partial charge in [0.05, 0.1) is 18.6 Å². The summed E-state index contributed by atoms with van der Waals surface area (Å²) in [5.41, 5.74) is 0.245. The topological polar surface area (TPSA) is 55.8 Å². The lowest BCUT2D eigenvalue weighted by atomic mass is 9.91. The van der Waals surface area contributed by atoms with Gasteiger partial charge in [-0.2, -0.15) is 13.2 Å². The van der Waals surface area contributed by atoms with Crippen LogP contribution < -0.4 is 0 Å². The van der Waals surface area contributed by atoms with E-state index in [0.717, 1.165) is 12.2 Å². The highest BCUT2D eigenvalue weighted by molar-refractivity contribution is 5.89. The third-order valence-corrected chi connectivity index (χ3v) is 3.70. The largest absolute Gasteiger partial charge is 0.468 e. The Balaban J connectivity index is 2.11. The SMILES string of the molecule is COC(=O)[C@@H]1CC(C(F)(F)F)CCN1OC(=O)c1ccccc1. The molecule has 1 aliphatic rings. The lowest BCUT2D eigenvalue weighted by Gasteiger charge is -2.36. The van der Waals surface area contributed by atoms with Crippen LogP contribution in [-0.2, 0) is 14.4 Å². The number of carbonyl (C=O) groups excluding carboxylic acids is 2. The van der Waals surface area contributed by atoms with Crippen LogP contribution in [0.4, 0.5) is 13.2 Å². The van der Waals surface area contributed by atoms with Crippen LogP contribution in [0.1, 0.15) is 23.2 Å². The molecule has 0 N–H and O–H groups in total. The van der Waals surface area contributed by atoms with Crippen molar-refractivity contribution in [3.8, 4) is 0 Å². The molecule has 1 saturated heterocycles. The van der Waals surface area contributed by atoms with E-state index in [0.29, 0.717) is 0 Å². The van der Waals surface area contributed by atoms with Gasteiger partial charge in [0.2, 0.25) is 0 Å². The van der Waals surface area contributed by atoms with E-state index < -0.39 is 36.5 Å². The lowest BCUT2D eigenvalue weighted by molar-refractivity contribution is -0.224. The minimum absolute atomic E-state index is 0.192. The Bertz CT molecular complexity index is 562. The van der Waals surface area contributed by atoms with Crippen LogP contribution in [0, 0.1) is 5.92 Å². The van der Waals surface area contributed by atoms with Crippen LogP contribution in [0.2, 0.25) is 0 Å². The molecule has 1 aromatic rings. The first kappa shape index (κ1) is 17.3. The molecule has 0 spiro atoms. The van der Waals surface area contributed by atoms with Gasteiger partial charge in [-0.25, -0.2) is 4.79 Å². The maximum Gasteiger partial charge on any atom is 0.391 e. The van der Waals surface area contributed by atoms with Crippen molar-refractivity contribution in [1.29, 1.82) is 0 Å². The lowest BCUT2D eigenvalue weighted by Crippen LogP contribution is -2.50. The Morgan fingerprint density at radius 1 is 1.22 bits per heavy atom. The number of nitrogens with zero attached hydrogens (tertiary/aromatic N) is 1. The summed E-state index contributed by atoms with van der Waals surface area (Å²) in [5, 5.41) is 0.976. The van der Waals surface area contributed by atoms with Gasteiger partial charge in [0, 0.05) is 6.54 Å². The molecular weight excluding hydrogens is 315 g/mol. The standard InChI is InChI=1S/C15H16F3NO4/c1-22-14(21)12-9-11(15(16,17)18)7-8-19(12)23-13(20)10-5-3-2-4-6-10/h2-6,11-12H,7-9H2,1H3/t11?,12-/m0/s1. The average molecular weight is 331 g/mol. The highest BCUT2D eigenvalue weighted by Gasteiger charge is 2.47. The van der Waals surface area contributed by atoms with Crippen molar-refractivity contribution < 1.29 is 32.3 Å². The molecular formula is C15H16F3NO4. The molecule has 2 atom stereocenters. The molecule has 1 unspecified atom stereocenters. The van der Waals surface area contributed by atoms with Crippen molar-refractivity contribution in [2.75, 3.05) is 13.7 Å². The van der Waals surface area contributed by atoms with Gasteiger partial charge in [-0.1, -0.05) is 18.2 Å². The molecule has 0 aromatic heterocycles. The van der Waals surface area contributed by atoms with Gasteiger partial charge >= 0.3 is 18.1 Å². The molecule has 0 bridgehead atoms. The average Bonchev–Trinajstić information content (AvgIpc) is 2.54. The number of benzene rings is 1. The fourth-order valence-corrected chi connectivity index (χ4v) is 2.43. The second-order valence-corrected chi connectivity index (χ2v) is 5.19. The number of ether oxygens (including phenoxy) is 1. The third kappa shape index (κ3) is 4.22. The van der Waals surface area contributed by atoms with E-state index in [1.54, 1.807) is 18.2 Å². The normalized spacial score (nSPS) is 22.4. The number of hydrogen-bond donors (Lipinski definition) is 0. The van der Waals surface area contributed by atoms with E-state index in [1.165, 1.54) is 12.1 Å². The highest BCUT2D eigenvalue weighted by Crippen LogP contribution is 2.37. The van der Waals surface area contributed by atoms with E-state index in [9.17, 15) is 22.8 Å². The minimum Gasteiger partial charge on any atom is -0.468 e. The van der Waals surface area contributed by atoms with E-state index >= 15 is 0 Å². The van der Waals surface area contributed by atoms with Gasteiger partial charge in [0.25, 0.3) is 0 Å². The first-order valence-electron chi connectivity index (χ1n) is 7.01. The van der Waals surface area contributed by atoms with Crippen LogP contribution in [0.5, 0.6) is 0 Å². The Morgan fingerprint density at radius 3 is 2.43 bits per heavy atom. The number of hydrogen-bond acceptors (Lipinski definition) is 5. The van der Waals surface area contributed by atoms with Crippen molar-refractivity contribution in [3.63, 3.8) is 0 Å². The van der Waals surface area contributed by atoms with E-state index in [1.807, 2.05) is 0 Å². The minimum atomic E-state index is -4.40. The van der Waals surface area contributed by atoms with Crippen molar-refractivity contribution in [1.82, 2.24) is 5.06 Å². The van der Waals surface area contributed by atoms with Crippen molar-refractivity contribution in [2.45, 2.75) is 25.1 Å². The van der Waals surface area contributed by atoms with Crippen molar-refractivity contribution in [3.05, 3.63) is 35.9 Å². The van der Waals surface area contributed by atoms with Crippen LogP contribution in [-0.4, -0.2) is 42.9 Å². The van der Waals surface area contributed by atoms with Crippen LogP contribution in [0.3, 0.4) is 0 Å². The maximum atomic E-state index is 12.9. The monoisotopic (exact) mass is 331 g/mol. The molecule has 23 heavy (non-hydrogen) atoms. The number of piperidine rings is 1. The van der Waals surface area contributed by atoms with Gasteiger partial charge in [-0.15, -0.1) is 5.06 Å². The van der Waals surface area contributed by atoms with E-state index in [4.69, 9.17) is 4.84 Å². The molecule has 1 heterocycles. The summed E-state index contributed by atoms with van der Waals surface area (Å²) < 4.78 is 43.1. The second-order valence-electron chi connectivity index (χ2n) is 5.19.